The monoisotopic (exact) mass is 215 g/mol. The Hall–Kier alpha value is -1.59. The van der Waals surface area contributed by atoms with Gasteiger partial charge < -0.3 is 14.7 Å². The van der Waals surface area contributed by atoms with E-state index in [0.29, 0.717) is 0 Å². The standard InChI is InChI=1S/C9H13NO5/c1-5-3-10(9(14)15-2)4-6(7(5)11)8(12)13/h5-6H,3-4H2,1-2H3,(H,12,13). The van der Waals surface area contributed by atoms with Crippen molar-refractivity contribution in [1.82, 2.24) is 4.90 Å². The van der Waals surface area contributed by atoms with E-state index in [2.05, 4.69) is 4.74 Å². The van der Waals surface area contributed by atoms with Crippen molar-refractivity contribution in [2.24, 2.45) is 11.8 Å². The van der Waals surface area contributed by atoms with Gasteiger partial charge in [-0.25, -0.2) is 4.79 Å². The van der Waals surface area contributed by atoms with Crippen molar-refractivity contribution >= 4 is 17.8 Å². The maximum Gasteiger partial charge on any atom is 0.409 e. The van der Waals surface area contributed by atoms with Gasteiger partial charge in [-0.15, -0.1) is 0 Å². The number of methoxy groups -OCH3 is 1. The topological polar surface area (TPSA) is 83.9 Å². The van der Waals surface area contributed by atoms with E-state index >= 15 is 0 Å². The number of carbonyl (C=O) groups excluding carboxylic acids is 2. The fraction of sp³-hybridized carbons (Fsp3) is 0.667. The Kier molecular flexibility index (Phi) is 3.28. The fourth-order valence-corrected chi connectivity index (χ4v) is 1.63. The smallest absolute Gasteiger partial charge is 0.409 e. The van der Waals surface area contributed by atoms with Crippen LogP contribution in [-0.2, 0) is 14.3 Å². The van der Waals surface area contributed by atoms with E-state index in [-0.39, 0.29) is 18.9 Å². The van der Waals surface area contributed by atoms with Crippen LogP contribution in [0.15, 0.2) is 0 Å². The Morgan fingerprint density at radius 1 is 1.47 bits per heavy atom. The van der Waals surface area contributed by atoms with Crippen LogP contribution in [0.5, 0.6) is 0 Å². The molecule has 0 radical (unpaired) electrons. The lowest BCUT2D eigenvalue weighted by atomic mass is 9.89. The number of piperidine rings is 1. The third-order valence-corrected chi connectivity index (χ3v) is 2.46. The number of carbonyl (C=O) groups is 3. The van der Waals surface area contributed by atoms with E-state index in [1.807, 2.05) is 0 Å². The molecule has 15 heavy (non-hydrogen) atoms. The summed E-state index contributed by atoms with van der Waals surface area (Å²) in [6, 6.07) is 0. The molecule has 1 N–H and O–H groups in total. The number of nitrogens with zero attached hydrogens (tertiary/aromatic N) is 1. The van der Waals surface area contributed by atoms with Crippen molar-refractivity contribution < 1.29 is 24.2 Å². The second-order valence-electron chi connectivity index (χ2n) is 3.57. The Balaban J connectivity index is 2.79. The van der Waals surface area contributed by atoms with Crippen LogP contribution in [0, 0.1) is 11.8 Å². The molecular weight excluding hydrogens is 202 g/mol. The maximum atomic E-state index is 11.5. The summed E-state index contributed by atoms with van der Waals surface area (Å²) in [6.45, 7) is 1.72. The highest BCUT2D eigenvalue weighted by atomic mass is 16.5. The average Bonchev–Trinajstić information content (AvgIpc) is 2.20. The molecular formula is C9H13NO5. The summed E-state index contributed by atoms with van der Waals surface area (Å²) < 4.78 is 4.48. The number of amides is 1. The van der Waals surface area contributed by atoms with Gasteiger partial charge in [0.1, 0.15) is 5.92 Å². The molecule has 0 aromatic heterocycles. The van der Waals surface area contributed by atoms with Crippen molar-refractivity contribution in [2.45, 2.75) is 6.92 Å². The highest BCUT2D eigenvalue weighted by molar-refractivity contribution is 6.00. The molecule has 2 atom stereocenters. The highest BCUT2D eigenvalue weighted by Gasteiger charge is 2.39. The zero-order valence-electron chi connectivity index (χ0n) is 8.60. The molecule has 1 saturated heterocycles. The van der Waals surface area contributed by atoms with Gasteiger partial charge in [0.05, 0.1) is 7.11 Å². The van der Waals surface area contributed by atoms with Crippen molar-refractivity contribution in [3.8, 4) is 0 Å². The molecule has 1 rings (SSSR count). The van der Waals surface area contributed by atoms with Crippen LogP contribution >= 0.6 is 0 Å². The molecule has 6 nitrogen and oxygen atoms in total. The molecule has 1 fully saturated rings. The van der Waals surface area contributed by atoms with E-state index in [4.69, 9.17) is 5.11 Å². The lowest BCUT2D eigenvalue weighted by molar-refractivity contribution is -0.150. The van der Waals surface area contributed by atoms with E-state index in [9.17, 15) is 14.4 Å². The Morgan fingerprint density at radius 3 is 2.53 bits per heavy atom. The summed E-state index contributed by atoms with van der Waals surface area (Å²) >= 11 is 0. The summed E-state index contributed by atoms with van der Waals surface area (Å²) in [4.78, 5) is 34.7. The fourth-order valence-electron chi connectivity index (χ4n) is 1.63. The lowest BCUT2D eigenvalue weighted by Gasteiger charge is -2.32. The molecule has 1 amide bonds. The molecule has 84 valence electrons. The largest absolute Gasteiger partial charge is 0.481 e. The third-order valence-electron chi connectivity index (χ3n) is 2.46. The normalized spacial score (nSPS) is 26.3. The highest BCUT2D eigenvalue weighted by Crippen LogP contribution is 2.18. The van der Waals surface area contributed by atoms with Crippen molar-refractivity contribution in [2.75, 3.05) is 20.2 Å². The summed E-state index contributed by atoms with van der Waals surface area (Å²) in [7, 11) is 1.22. The van der Waals surface area contributed by atoms with Crippen LogP contribution in [0.3, 0.4) is 0 Å². The van der Waals surface area contributed by atoms with Gasteiger partial charge in [-0.3, -0.25) is 9.59 Å². The van der Waals surface area contributed by atoms with Gasteiger partial charge in [-0.05, 0) is 0 Å². The molecule has 1 heterocycles. The van der Waals surface area contributed by atoms with E-state index < -0.39 is 23.9 Å². The average molecular weight is 215 g/mol. The number of ether oxygens (including phenoxy) is 1. The van der Waals surface area contributed by atoms with Crippen LogP contribution in [0.4, 0.5) is 4.79 Å². The molecule has 6 heteroatoms. The number of rotatable bonds is 1. The number of carboxylic acid groups (broad SMARTS) is 1. The summed E-state index contributed by atoms with van der Waals surface area (Å²) in [5.74, 6) is -3.12. The SMILES string of the molecule is COC(=O)N1CC(C)C(=O)C(C(=O)O)C1. The minimum atomic E-state index is -1.19. The Morgan fingerprint density at radius 2 is 2.07 bits per heavy atom. The number of aliphatic carboxylic acids is 1. The molecule has 0 aromatic carbocycles. The summed E-state index contributed by atoms with van der Waals surface area (Å²) in [6.07, 6.45) is -0.597. The van der Waals surface area contributed by atoms with E-state index in [0.717, 1.165) is 0 Å². The van der Waals surface area contributed by atoms with E-state index in [1.54, 1.807) is 6.92 Å². The Bertz CT molecular complexity index is 301. The predicted octanol–water partition coefficient (Wildman–Crippen LogP) is -0.0256. The first kappa shape index (κ1) is 11.5. The predicted molar refractivity (Wildman–Crippen MR) is 49.3 cm³/mol. The van der Waals surface area contributed by atoms with Crippen LogP contribution in [0.2, 0.25) is 0 Å². The number of carboxylic acids is 1. The third kappa shape index (κ3) is 2.26. The van der Waals surface area contributed by atoms with Gasteiger partial charge >= 0.3 is 12.1 Å². The molecule has 1 aliphatic heterocycles. The zero-order chi connectivity index (χ0) is 11.6. The second kappa shape index (κ2) is 4.29. The molecule has 2 unspecified atom stereocenters. The van der Waals surface area contributed by atoms with Gasteiger partial charge in [0, 0.05) is 19.0 Å². The summed E-state index contributed by atoms with van der Waals surface area (Å²) in [5.41, 5.74) is 0. The van der Waals surface area contributed by atoms with Crippen molar-refractivity contribution in [1.29, 1.82) is 0 Å². The quantitative estimate of drug-likeness (QED) is 0.621. The van der Waals surface area contributed by atoms with Gasteiger partial charge in [-0.2, -0.15) is 0 Å². The molecule has 0 saturated carbocycles. The van der Waals surface area contributed by atoms with Crippen LogP contribution in [0.1, 0.15) is 6.92 Å². The van der Waals surface area contributed by atoms with Crippen molar-refractivity contribution in [3.63, 3.8) is 0 Å². The first-order valence-electron chi connectivity index (χ1n) is 4.56. The first-order valence-corrected chi connectivity index (χ1v) is 4.56. The number of Topliss-reactive ketones (excluding diaryl/α,β-unsaturated/α-hetero) is 1. The molecule has 1 aliphatic rings. The first-order chi connectivity index (χ1) is 6.97. The number of likely N-dealkylation sites (tertiary alicyclic amines) is 1. The lowest BCUT2D eigenvalue weighted by Crippen LogP contribution is -2.50. The number of ketones is 1. The molecule has 0 bridgehead atoms. The number of hydrogen-bond donors (Lipinski definition) is 1. The molecule has 0 spiro atoms. The second-order valence-corrected chi connectivity index (χ2v) is 3.57. The van der Waals surface area contributed by atoms with E-state index in [1.165, 1.54) is 12.0 Å². The van der Waals surface area contributed by atoms with Gasteiger partial charge in [0.15, 0.2) is 5.78 Å². The van der Waals surface area contributed by atoms with Crippen LogP contribution in [0.25, 0.3) is 0 Å². The van der Waals surface area contributed by atoms with Gasteiger partial charge in [0.25, 0.3) is 0 Å². The van der Waals surface area contributed by atoms with Crippen LogP contribution in [-0.4, -0.2) is 48.1 Å². The zero-order valence-corrected chi connectivity index (χ0v) is 8.60. The van der Waals surface area contributed by atoms with Crippen LogP contribution < -0.4 is 0 Å². The van der Waals surface area contributed by atoms with Crippen molar-refractivity contribution in [3.05, 3.63) is 0 Å². The maximum absolute atomic E-state index is 11.5. The van der Waals surface area contributed by atoms with Gasteiger partial charge in [0.2, 0.25) is 0 Å². The Labute approximate surface area is 86.8 Å². The van der Waals surface area contributed by atoms with Gasteiger partial charge in [-0.1, -0.05) is 6.92 Å². The number of hydrogen-bond acceptors (Lipinski definition) is 4. The minimum absolute atomic E-state index is 0.106. The molecule has 0 aliphatic carbocycles. The molecule has 0 aromatic rings. The minimum Gasteiger partial charge on any atom is -0.481 e. The summed E-state index contributed by atoms with van der Waals surface area (Å²) in [5, 5.41) is 8.80.